The number of carbonyl (C=O) groups excluding carboxylic acids is 1. The van der Waals surface area contributed by atoms with E-state index in [1.807, 2.05) is 31.9 Å². The van der Waals surface area contributed by atoms with E-state index in [0.717, 1.165) is 25.9 Å². The van der Waals surface area contributed by atoms with Crippen LogP contribution >= 0.6 is 0 Å². The van der Waals surface area contributed by atoms with Gasteiger partial charge < -0.3 is 15.0 Å². The van der Waals surface area contributed by atoms with Gasteiger partial charge in [-0.15, -0.1) is 0 Å². The summed E-state index contributed by atoms with van der Waals surface area (Å²) in [5, 5.41) is 3.51. The molecular formula is C19H26N2O2. The summed E-state index contributed by atoms with van der Waals surface area (Å²) in [6, 6.07) is 8.89. The predicted molar refractivity (Wildman–Crippen MR) is 91.9 cm³/mol. The predicted octanol–water partition coefficient (Wildman–Crippen LogP) is 3.95. The average molecular weight is 314 g/mol. The third kappa shape index (κ3) is 3.69. The van der Waals surface area contributed by atoms with Gasteiger partial charge in [-0.1, -0.05) is 24.3 Å². The number of rotatable bonds is 1. The van der Waals surface area contributed by atoms with Crippen LogP contribution in [0.5, 0.6) is 0 Å². The van der Waals surface area contributed by atoms with E-state index in [9.17, 15) is 4.79 Å². The molecule has 4 heteroatoms. The van der Waals surface area contributed by atoms with Gasteiger partial charge in [0.05, 0.1) is 6.04 Å². The summed E-state index contributed by atoms with van der Waals surface area (Å²) in [4.78, 5) is 14.0. The number of fused-ring (bicyclic) bond motifs is 1. The molecule has 0 aromatic heterocycles. The van der Waals surface area contributed by atoms with Crippen LogP contribution in [0.3, 0.4) is 0 Å². The number of amides is 1. The Labute approximate surface area is 138 Å². The van der Waals surface area contributed by atoms with Gasteiger partial charge in [0, 0.05) is 13.1 Å². The molecule has 0 radical (unpaired) electrons. The van der Waals surface area contributed by atoms with Crippen molar-refractivity contribution in [2.75, 3.05) is 13.1 Å². The lowest BCUT2D eigenvalue weighted by Crippen LogP contribution is -2.43. The third-order valence-corrected chi connectivity index (χ3v) is 4.53. The maximum absolute atomic E-state index is 12.2. The molecule has 3 rings (SSSR count). The second-order valence-corrected chi connectivity index (χ2v) is 7.41. The normalized spacial score (nSPS) is 21.5. The van der Waals surface area contributed by atoms with E-state index < -0.39 is 5.60 Å². The van der Waals surface area contributed by atoms with Crippen molar-refractivity contribution < 1.29 is 9.53 Å². The van der Waals surface area contributed by atoms with Gasteiger partial charge in [0.25, 0.3) is 0 Å². The first-order valence-corrected chi connectivity index (χ1v) is 8.43. The molecule has 1 N–H and O–H groups in total. The zero-order chi connectivity index (χ0) is 16.4. The van der Waals surface area contributed by atoms with Crippen LogP contribution in [-0.4, -0.2) is 29.7 Å². The smallest absolute Gasteiger partial charge is 0.410 e. The number of nitrogens with one attached hydrogen (secondary N) is 1. The lowest BCUT2D eigenvalue weighted by molar-refractivity contribution is 0.0170. The Bertz CT molecular complexity index is 596. The number of likely N-dealkylation sites (tertiary alicyclic amines) is 1. The van der Waals surface area contributed by atoms with Crippen LogP contribution < -0.4 is 5.32 Å². The standard InChI is InChI=1S/C19H26N2O2/c1-19(2,3)23-18(22)21-12-9-15(10-13-21)17-16-7-5-4-6-14(16)8-11-20-17/h4-8,11,15,17,20H,9-10,12-13H2,1-3H3. The molecule has 0 aliphatic carbocycles. The molecule has 0 bridgehead atoms. The first-order chi connectivity index (χ1) is 10.9. The number of ether oxygens (including phenoxy) is 1. The molecule has 2 aliphatic heterocycles. The highest BCUT2D eigenvalue weighted by Gasteiger charge is 2.32. The summed E-state index contributed by atoms with van der Waals surface area (Å²) in [5.74, 6) is 0.541. The molecule has 1 saturated heterocycles. The van der Waals surface area contributed by atoms with Crippen LogP contribution in [0.1, 0.15) is 50.8 Å². The van der Waals surface area contributed by atoms with Crippen molar-refractivity contribution in [1.29, 1.82) is 0 Å². The lowest BCUT2D eigenvalue weighted by atomic mass is 9.82. The monoisotopic (exact) mass is 314 g/mol. The Morgan fingerprint density at radius 3 is 2.61 bits per heavy atom. The van der Waals surface area contributed by atoms with Crippen LogP contribution in [0.15, 0.2) is 30.5 Å². The molecule has 1 aromatic rings. The van der Waals surface area contributed by atoms with Crippen molar-refractivity contribution in [2.24, 2.45) is 5.92 Å². The minimum absolute atomic E-state index is 0.187. The van der Waals surface area contributed by atoms with E-state index in [1.165, 1.54) is 11.1 Å². The van der Waals surface area contributed by atoms with Gasteiger partial charge in [-0.05, 0) is 62.9 Å². The molecule has 0 spiro atoms. The molecule has 23 heavy (non-hydrogen) atoms. The molecule has 1 amide bonds. The molecule has 1 fully saturated rings. The van der Waals surface area contributed by atoms with E-state index in [1.54, 1.807) is 0 Å². The van der Waals surface area contributed by atoms with Gasteiger partial charge in [-0.2, -0.15) is 0 Å². The molecule has 2 heterocycles. The van der Waals surface area contributed by atoms with Crippen molar-refractivity contribution in [3.05, 3.63) is 41.6 Å². The topological polar surface area (TPSA) is 41.6 Å². The van der Waals surface area contributed by atoms with Gasteiger partial charge >= 0.3 is 6.09 Å². The van der Waals surface area contributed by atoms with E-state index in [0.29, 0.717) is 12.0 Å². The Kier molecular flexibility index (Phi) is 4.33. The Hall–Kier alpha value is -1.97. The van der Waals surface area contributed by atoms with Crippen molar-refractivity contribution in [2.45, 2.75) is 45.3 Å². The largest absolute Gasteiger partial charge is 0.444 e. The summed E-state index contributed by atoms with van der Waals surface area (Å²) < 4.78 is 5.47. The second kappa shape index (κ2) is 6.26. The maximum Gasteiger partial charge on any atom is 0.410 e. The molecule has 124 valence electrons. The molecule has 1 atom stereocenters. The molecular weight excluding hydrogens is 288 g/mol. The molecule has 2 aliphatic rings. The van der Waals surface area contributed by atoms with Crippen LogP contribution in [0.2, 0.25) is 0 Å². The summed E-state index contributed by atoms with van der Waals surface area (Å²) in [5.41, 5.74) is 2.24. The van der Waals surface area contributed by atoms with E-state index >= 15 is 0 Å². The van der Waals surface area contributed by atoms with Crippen molar-refractivity contribution in [3.8, 4) is 0 Å². The van der Waals surface area contributed by atoms with Crippen LogP contribution in [0, 0.1) is 5.92 Å². The molecule has 1 unspecified atom stereocenters. The molecule has 4 nitrogen and oxygen atoms in total. The summed E-state index contributed by atoms with van der Waals surface area (Å²) in [6.07, 6.45) is 5.99. The zero-order valence-electron chi connectivity index (χ0n) is 14.2. The average Bonchev–Trinajstić information content (AvgIpc) is 2.53. The van der Waals surface area contributed by atoms with Gasteiger partial charge in [-0.25, -0.2) is 4.79 Å². The quantitative estimate of drug-likeness (QED) is 0.853. The van der Waals surface area contributed by atoms with Gasteiger partial charge in [0.1, 0.15) is 5.60 Å². The number of carbonyl (C=O) groups is 1. The highest BCUT2D eigenvalue weighted by atomic mass is 16.6. The minimum atomic E-state index is -0.428. The second-order valence-electron chi connectivity index (χ2n) is 7.41. The number of hydrogen-bond acceptors (Lipinski definition) is 3. The number of nitrogens with zero attached hydrogens (tertiary/aromatic N) is 1. The number of hydrogen-bond donors (Lipinski definition) is 1. The first kappa shape index (κ1) is 15.9. The van der Waals surface area contributed by atoms with Gasteiger partial charge in [-0.3, -0.25) is 0 Å². The summed E-state index contributed by atoms with van der Waals surface area (Å²) in [7, 11) is 0. The minimum Gasteiger partial charge on any atom is -0.444 e. The fourth-order valence-corrected chi connectivity index (χ4v) is 3.41. The highest BCUT2D eigenvalue weighted by Crippen LogP contribution is 2.35. The fraction of sp³-hybridized carbons (Fsp3) is 0.526. The summed E-state index contributed by atoms with van der Waals surface area (Å²) in [6.45, 7) is 7.26. The Balaban J connectivity index is 1.62. The van der Waals surface area contributed by atoms with Crippen molar-refractivity contribution >= 4 is 12.2 Å². The fourth-order valence-electron chi connectivity index (χ4n) is 3.41. The van der Waals surface area contributed by atoms with Gasteiger partial charge in [0.2, 0.25) is 0 Å². The number of piperidine rings is 1. The van der Waals surface area contributed by atoms with E-state index in [2.05, 4.69) is 35.7 Å². The lowest BCUT2D eigenvalue weighted by Gasteiger charge is -2.38. The highest BCUT2D eigenvalue weighted by molar-refractivity contribution is 5.68. The third-order valence-electron chi connectivity index (χ3n) is 4.53. The van der Waals surface area contributed by atoms with Crippen LogP contribution in [0.4, 0.5) is 4.79 Å². The van der Waals surface area contributed by atoms with Crippen molar-refractivity contribution in [1.82, 2.24) is 10.2 Å². The van der Waals surface area contributed by atoms with E-state index in [4.69, 9.17) is 4.74 Å². The Morgan fingerprint density at radius 2 is 1.91 bits per heavy atom. The zero-order valence-corrected chi connectivity index (χ0v) is 14.2. The first-order valence-electron chi connectivity index (χ1n) is 8.43. The van der Waals surface area contributed by atoms with Crippen LogP contribution in [0.25, 0.3) is 6.08 Å². The van der Waals surface area contributed by atoms with Crippen LogP contribution in [-0.2, 0) is 4.74 Å². The molecule has 1 aromatic carbocycles. The number of benzene rings is 1. The van der Waals surface area contributed by atoms with E-state index in [-0.39, 0.29) is 6.09 Å². The Morgan fingerprint density at radius 1 is 1.22 bits per heavy atom. The molecule has 0 saturated carbocycles. The SMILES string of the molecule is CC(C)(C)OC(=O)N1CCC(C2NC=Cc3ccccc32)CC1. The maximum atomic E-state index is 12.2. The van der Waals surface area contributed by atoms with Crippen molar-refractivity contribution in [3.63, 3.8) is 0 Å². The van der Waals surface area contributed by atoms with Gasteiger partial charge in [0.15, 0.2) is 0 Å². The summed E-state index contributed by atoms with van der Waals surface area (Å²) >= 11 is 0.